The summed E-state index contributed by atoms with van der Waals surface area (Å²) >= 11 is 13.6. The van der Waals surface area contributed by atoms with Gasteiger partial charge in [0.15, 0.2) is 4.80 Å². The normalized spacial score (nSPS) is 15.0. The van der Waals surface area contributed by atoms with Gasteiger partial charge in [0.1, 0.15) is 12.4 Å². The van der Waals surface area contributed by atoms with Crippen molar-refractivity contribution in [1.29, 1.82) is 0 Å². The second-order valence-corrected chi connectivity index (χ2v) is 11.1. The lowest BCUT2D eigenvalue weighted by molar-refractivity contribution is -0.139. The largest absolute Gasteiger partial charge is 0.488 e. The molecule has 2 heterocycles. The zero-order valence-corrected chi connectivity index (χ0v) is 24.4. The summed E-state index contributed by atoms with van der Waals surface area (Å²) in [5, 5.41) is 1.07. The summed E-state index contributed by atoms with van der Waals surface area (Å²) in [6, 6.07) is 19.8. The lowest BCUT2D eigenvalue weighted by atomic mass is 9.95. The second kappa shape index (κ2) is 11.8. The molecule has 40 heavy (non-hydrogen) atoms. The molecule has 0 bridgehead atoms. The Balaban J connectivity index is 1.59. The van der Waals surface area contributed by atoms with Crippen LogP contribution in [0.4, 0.5) is 0 Å². The molecule has 1 aliphatic heterocycles. The number of fused-ring (bicyclic) bond motifs is 1. The third-order valence-corrected chi connectivity index (χ3v) is 8.08. The molecule has 1 aromatic heterocycles. The number of carbonyl (C=O) groups is 1. The number of carbonyl (C=O) groups excluding carboxylic acids is 1. The van der Waals surface area contributed by atoms with E-state index < -0.39 is 12.0 Å². The number of aromatic nitrogens is 1. The predicted octanol–water partition coefficient (Wildman–Crippen LogP) is 5.99. The topological polar surface area (TPSA) is 69.9 Å². The number of hydrogen-bond acceptors (Lipinski definition) is 6. The van der Waals surface area contributed by atoms with Gasteiger partial charge in [-0.25, -0.2) is 9.79 Å². The van der Waals surface area contributed by atoms with E-state index in [0.29, 0.717) is 36.4 Å². The van der Waals surface area contributed by atoms with Crippen LogP contribution in [0, 0.1) is 6.92 Å². The summed E-state index contributed by atoms with van der Waals surface area (Å²) in [4.78, 5) is 32.1. The SMILES string of the molecule is CCOC(=O)C1=C(C)N=c2s/c(=C\c3ccccc3OCc3ccc(Cl)cc3Cl)c(=O)n2[C@H]1c1ccc(C)cc1. The van der Waals surface area contributed by atoms with Crippen molar-refractivity contribution < 1.29 is 14.3 Å². The molecule has 0 aliphatic carbocycles. The van der Waals surface area contributed by atoms with Gasteiger partial charge in [-0.3, -0.25) is 9.36 Å². The number of halogens is 2. The molecule has 0 N–H and O–H groups in total. The third kappa shape index (κ3) is 5.63. The van der Waals surface area contributed by atoms with E-state index in [-0.39, 0.29) is 18.8 Å². The van der Waals surface area contributed by atoms with Crippen molar-refractivity contribution in [3.05, 3.63) is 130 Å². The summed E-state index contributed by atoms with van der Waals surface area (Å²) in [5.41, 5.74) is 4.03. The molecule has 0 saturated heterocycles. The highest BCUT2D eigenvalue weighted by Crippen LogP contribution is 2.31. The Kier molecular flexibility index (Phi) is 8.26. The van der Waals surface area contributed by atoms with E-state index in [1.165, 1.54) is 11.3 Å². The minimum Gasteiger partial charge on any atom is -0.488 e. The van der Waals surface area contributed by atoms with Crippen LogP contribution in [0.3, 0.4) is 0 Å². The minimum atomic E-state index is -0.656. The number of aryl methyl sites for hydroxylation is 1. The van der Waals surface area contributed by atoms with Gasteiger partial charge in [-0.15, -0.1) is 0 Å². The van der Waals surface area contributed by atoms with Crippen LogP contribution >= 0.6 is 34.5 Å². The van der Waals surface area contributed by atoms with Crippen LogP contribution in [-0.2, 0) is 16.1 Å². The Morgan fingerprint density at radius 2 is 1.82 bits per heavy atom. The first-order chi connectivity index (χ1) is 19.3. The highest BCUT2D eigenvalue weighted by atomic mass is 35.5. The molecule has 0 fully saturated rings. The number of hydrogen-bond donors (Lipinski definition) is 0. The lowest BCUT2D eigenvalue weighted by Crippen LogP contribution is -2.39. The molecule has 0 radical (unpaired) electrons. The van der Waals surface area contributed by atoms with Crippen molar-refractivity contribution >= 4 is 46.6 Å². The average molecular weight is 594 g/mol. The summed E-state index contributed by atoms with van der Waals surface area (Å²) in [7, 11) is 0. The molecular formula is C31H26Cl2N2O4S. The number of allylic oxidation sites excluding steroid dienone is 1. The first-order valence-electron chi connectivity index (χ1n) is 12.7. The smallest absolute Gasteiger partial charge is 0.338 e. The molecule has 204 valence electrons. The van der Waals surface area contributed by atoms with Gasteiger partial charge in [0, 0.05) is 21.2 Å². The molecule has 4 aromatic rings. The Labute approximate surface area is 245 Å². The highest BCUT2D eigenvalue weighted by molar-refractivity contribution is 7.07. The first-order valence-corrected chi connectivity index (χ1v) is 14.3. The molecule has 3 aromatic carbocycles. The fourth-order valence-corrected chi connectivity index (χ4v) is 6.02. The van der Waals surface area contributed by atoms with Crippen LogP contribution in [0.25, 0.3) is 6.08 Å². The highest BCUT2D eigenvalue weighted by Gasteiger charge is 2.33. The van der Waals surface area contributed by atoms with E-state index in [4.69, 9.17) is 32.7 Å². The number of esters is 1. The van der Waals surface area contributed by atoms with Gasteiger partial charge in [0.2, 0.25) is 0 Å². The number of benzene rings is 3. The second-order valence-electron chi connectivity index (χ2n) is 9.28. The fourth-order valence-electron chi connectivity index (χ4n) is 4.52. The number of ether oxygens (including phenoxy) is 2. The maximum atomic E-state index is 13.9. The summed E-state index contributed by atoms with van der Waals surface area (Å²) < 4.78 is 13.5. The van der Waals surface area contributed by atoms with Crippen molar-refractivity contribution in [3.63, 3.8) is 0 Å². The standard InChI is InChI=1S/C31H26Cl2N2O4S/c1-4-38-30(37)27-19(3)34-31-35(28(27)20-11-9-18(2)10-12-20)29(36)26(40-31)15-21-7-5-6-8-25(21)39-17-22-13-14-23(32)16-24(22)33/h5-16,28H,4,17H2,1-3H3/b26-15-/t28-/m0/s1. The van der Waals surface area contributed by atoms with Gasteiger partial charge in [0.25, 0.3) is 5.56 Å². The van der Waals surface area contributed by atoms with Crippen molar-refractivity contribution in [2.24, 2.45) is 4.99 Å². The maximum absolute atomic E-state index is 13.9. The van der Waals surface area contributed by atoms with E-state index in [2.05, 4.69) is 4.99 Å². The summed E-state index contributed by atoms with van der Waals surface area (Å²) in [6.45, 7) is 5.97. The molecule has 0 unspecified atom stereocenters. The van der Waals surface area contributed by atoms with Gasteiger partial charge >= 0.3 is 5.97 Å². The average Bonchev–Trinajstić information content (AvgIpc) is 3.23. The molecule has 0 saturated carbocycles. The summed E-state index contributed by atoms with van der Waals surface area (Å²) in [5.74, 6) is 0.112. The van der Waals surface area contributed by atoms with Gasteiger partial charge in [0.05, 0.1) is 28.5 Å². The predicted molar refractivity (Wildman–Crippen MR) is 159 cm³/mol. The van der Waals surface area contributed by atoms with Crippen LogP contribution in [0.15, 0.2) is 87.8 Å². The van der Waals surface area contributed by atoms with Gasteiger partial charge in [-0.05, 0) is 50.6 Å². The van der Waals surface area contributed by atoms with E-state index >= 15 is 0 Å². The van der Waals surface area contributed by atoms with Gasteiger partial charge in [-0.1, -0.05) is 88.6 Å². The molecule has 0 amide bonds. The van der Waals surface area contributed by atoms with Crippen molar-refractivity contribution in [2.45, 2.75) is 33.4 Å². The van der Waals surface area contributed by atoms with E-state index in [1.54, 1.807) is 36.6 Å². The van der Waals surface area contributed by atoms with E-state index in [9.17, 15) is 9.59 Å². The number of para-hydroxylation sites is 1. The quantitative estimate of drug-likeness (QED) is 0.247. The fraction of sp³-hybridized carbons (Fsp3) is 0.194. The lowest BCUT2D eigenvalue weighted by Gasteiger charge is -2.24. The van der Waals surface area contributed by atoms with Crippen LogP contribution in [-0.4, -0.2) is 17.1 Å². The van der Waals surface area contributed by atoms with Crippen LogP contribution in [0.2, 0.25) is 10.0 Å². The van der Waals surface area contributed by atoms with Gasteiger partial charge < -0.3 is 9.47 Å². The van der Waals surface area contributed by atoms with Crippen molar-refractivity contribution in [2.75, 3.05) is 6.61 Å². The van der Waals surface area contributed by atoms with Crippen LogP contribution in [0.5, 0.6) is 5.75 Å². The molecule has 1 atom stereocenters. The number of thiazole rings is 1. The molecule has 9 heteroatoms. The Morgan fingerprint density at radius 3 is 2.55 bits per heavy atom. The Hall–Kier alpha value is -3.65. The van der Waals surface area contributed by atoms with Crippen LogP contribution < -0.4 is 19.6 Å². The Morgan fingerprint density at radius 1 is 1.07 bits per heavy atom. The van der Waals surface area contributed by atoms with Crippen molar-refractivity contribution in [3.8, 4) is 5.75 Å². The zero-order chi connectivity index (χ0) is 28.4. The molecule has 6 nitrogen and oxygen atoms in total. The minimum absolute atomic E-state index is 0.221. The van der Waals surface area contributed by atoms with Gasteiger partial charge in [-0.2, -0.15) is 0 Å². The summed E-state index contributed by atoms with van der Waals surface area (Å²) in [6.07, 6.45) is 1.79. The first kappa shape index (κ1) is 27.9. The molecule has 1 aliphatic rings. The monoisotopic (exact) mass is 592 g/mol. The van der Waals surface area contributed by atoms with E-state index in [1.807, 2.05) is 61.5 Å². The van der Waals surface area contributed by atoms with E-state index in [0.717, 1.165) is 22.3 Å². The molecular weight excluding hydrogens is 567 g/mol. The molecule has 5 rings (SSSR count). The number of rotatable bonds is 7. The maximum Gasteiger partial charge on any atom is 0.338 e. The molecule has 0 spiro atoms. The van der Waals surface area contributed by atoms with Crippen molar-refractivity contribution in [1.82, 2.24) is 4.57 Å². The third-order valence-electron chi connectivity index (χ3n) is 6.51. The Bertz CT molecular complexity index is 1810. The number of nitrogens with zero attached hydrogens (tertiary/aromatic N) is 2. The zero-order valence-electron chi connectivity index (χ0n) is 22.1. The van der Waals surface area contributed by atoms with Crippen LogP contribution in [0.1, 0.15) is 42.1 Å².